The van der Waals surface area contributed by atoms with Crippen molar-refractivity contribution in [2.45, 2.75) is 12.7 Å². The van der Waals surface area contributed by atoms with E-state index in [0.29, 0.717) is 16.9 Å². The zero-order valence-corrected chi connectivity index (χ0v) is 17.9. The van der Waals surface area contributed by atoms with Crippen LogP contribution in [0.4, 0.5) is 22.0 Å². The van der Waals surface area contributed by atoms with Crippen LogP contribution in [0.5, 0.6) is 0 Å². The Morgan fingerprint density at radius 3 is 2.48 bits per heavy atom. The van der Waals surface area contributed by atoms with Crippen molar-refractivity contribution in [3.8, 4) is 11.3 Å². The van der Waals surface area contributed by atoms with Gasteiger partial charge in [-0.25, -0.2) is 18.3 Å². The molecule has 0 fully saturated rings. The number of alkyl halides is 3. The van der Waals surface area contributed by atoms with Crippen molar-refractivity contribution in [3.05, 3.63) is 81.5 Å². The first-order valence-corrected chi connectivity index (χ1v) is 10.4. The Morgan fingerprint density at radius 2 is 1.82 bits per heavy atom. The van der Waals surface area contributed by atoms with E-state index in [1.165, 1.54) is 36.4 Å². The van der Waals surface area contributed by atoms with Gasteiger partial charge in [-0.15, -0.1) is 5.10 Å². The van der Waals surface area contributed by atoms with Crippen LogP contribution in [0, 0.1) is 11.6 Å². The summed E-state index contributed by atoms with van der Waals surface area (Å²) in [6.07, 6.45) is -2.33. The number of carbonyl (C=O) groups is 1. The van der Waals surface area contributed by atoms with E-state index in [9.17, 15) is 26.7 Å². The van der Waals surface area contributed by atoms with Crippen molar-refractivity contribution >= 4 is 39.9 Å². The molecular formula is C21H12ClF5N4OS. The molecule has 5 nitrogen and oxygen atoms in total. The van der Waals surface area contributed by atoms with Crippen LogP contribution in [0.1, 0.15) is 16.3 Å². The lowest BCUT2D eigenvalue weighted by Gasteiger charge is -2.04. The molecule has 0 bridgehead atoms. The van der Waals surface area contributed by atoms with Crippen LogP contribution >= 0.6 is 22.9 Å². The minimum Gasteiger partial charge on any atom is -0.348 e. The molecule has 2 heterocycles. The van der Waals surface area contributed by atoms with Crippen LogP contribution in [0.3, 0.4) is 0 Å². The number of fused-ring (bicyclic) bond motifs is 1. The van der Waals surface area contributed by atoms with Crippen LogP contribution in [-0.4, -0.2) is 20.5 Å². The average molecular weight is 499 g/mol. The van der Waals surface area contributed by atoms with Gasteiger partial charge in [0.15, 0.2) is 0 Å². The molecule has 4 rings (SSSR count). The van der Waals surface area contributed by atoms with E-state index < -0.39 is 28.7 Å². The van der Waals surface area contributed by atoms with Crippen molar-refractivity contribution in [1.82, 2.24) is 19.9 Å². The standard InChI is InChI=1S/C21H12ClF5N4OS/c22-15-9-13(24)5-6-14(15)18-16(31-20(29-18)33-19(30-31)21(25,26)27)7-8-17(32)28-10-11-1-3-12(23)4-2-11/h1-9H,10H2,(H,28,32)/b8-7+. The van der Waals surface area contributed by atoms with Crippen LogP contribution in [0.2, 0.25) is 5.02 Å². The van der Waals surface area contributed by atoms with Crippen molar-refractivity contribution in [2.24, 2.45) is 0 Å². The molecule has 0 saturated carbocycles. The van der Waals surface area contributed by atoms with Crippen molar-refractivity contribution in [3.63, 3.8) is 0 Å². The van der Waals surface area contributed by atoms with Crippen molar-refractivity contribution in [1.29, 1.82) is 0 Å². The smallest absolute Gasteiger partial charge is 0.348 e. The summed E-state index contributed by atoms with van der Waals surface area (Å²) < 4.78 is 66.7. The molecule has 33 heavy (non-hydrogen) atoms. The highest BCUT2D eigenvalue weighted by atomic mass is 35.5. The van der Waals surface area contributed by atoms with Gasteiger partial charge in [0, 0.05) is 18.2 Å². The topological polar surface area (TPSA) is 59.3 Å². The largest absolute Gasteiger partial charge is 0.445 e. The Labute approximate surface area is 192 Å². The molecule has 0 aliphatic rings. The molecular weight excluding hydrogens is 487 g/mol. The van der Waals surface area contributed by atoms with E-state index in [1.54, 1.807) is 0 Å². The lowest BCUT2D eigenvalue weighted by molar-refractivity contribution is -0.138. The summed E-state index contributed by atoms with van der Waals surface area (Å²) in [4.78, 5) is 16.4. The molecule has 2 aromatic carbocycles. The van der Waals surface area contributed by atoms with Crippen LogP contribution in [0.25, 0.3) is 22.3 Å². The highest BCUT2D eigenvalue weighted by molar-refractivity contribution is 7.16. The first kappa shape index (κ1) is 22.9. The molecule has 0 spiro atoms. The monoisotopic (exact) mass is 498 g/mol. The third-order valence-corrected chi connectivity index (χ3v) is 5.71. The highest BCUT2D eigenvalue weighted by Crippen LogP contribution is 2.37. The lowest BCUT2D eigenvalue weighted by atomic mass is 10.1. The maximum atomic E-state index is 13.5. The second kappa shape index (κ2) is 8.91. The van der Waals surface area contributed by atoms with Crippen LogP contribution in [-0.2, 0) is 17.5 Å². The fraction of sp³-hybridized carbons (Fsp3) is 0.0952. The summed E-state index contributed by atoms with van der Waals surface area (Å²) in [5, 5.41) is 5.03. The van der Waals surface area contributed by atoms with E-state index >= 15 is 0 Å². The third kappa shape index (κ3) is 5.04. The number of halogens is 6. The number of imidazole rings is 1. The second-order valence-electron chi connectivity index (χ2n) is 6.75. The molecule has 12 heteroatoms. The predicted molar refractivity (Wildman–Crippen MR) is 114 cm³/mol. The van der Waals surface area contributed by atoms with E-state index in [2.05, 4.69) is 15.4 Å². The predicted octanol–water partition coefficient (Wildman–Crippen LogP) is 5.74. The molecule has 0 radical (unpaired) electrons. The van der Waals surface area contributed by atoms with E-state index in [4.69, 9.17) is 11.6 Å². The van der Waals surface area contributed by atoms with Crippen molar-refractivity contribution in [2.75, 3.05) is 0 Å². The Hall–Kier alpha value is -3.31. The Kier molecular flexibility index (Phi) is 6.17. The fourth-order valence-corrected chi connectivity index (χ4v) is 3.94. The Balaban J connectivity index is 1.67. The number of amides is 1. The number of benzene rings is 2. The Morgan fingerprint density at radius 1 is 1.12 bits per heavy atom. The average Bonchev–Trinajstić information content (AvgIpc) is 3.30. The van der Waals surface area contributed by atoms with Gasteiger partial charge in [0.2, 0.25) is 15.9 Å². The molecule has 1 N–H and O–H groups in total. The lowest BCUT2D eigenvalue weighted by Crippen LogP contribution is -2.20. The molecule has 1 amide bonds. The van der Waals surface area contributed by atoms with Gasteiger partial charge in [0.05, 0.1) is 10.7 Å². The summed E-state index contributed by atoms with van der Waals surface area (Å²) in [6, 6.07) is 9.01. The summed E-state index contributed by atoms with van der Waals surface area (Å²) in [5.41, 5.74) is 1.10. The van der Waals surface area contributed by atoms with Crippen LogP contribution in [0.15, 0.2) is 48.5 Å². The number of carbonyl (C=O) groups excluding carboxylic acids is 1. The van der Waals surface area contributed by atoms with Gasteiger partial charge >= 0.3 is 6.18 Å². The van der Waals surface area contributed by atoms with Gasteiger partial charge in [-0.2, -0.15) is 13.2 Å². The number of nitrogens with one attached hydrogen (secondary N) is 1. The zero-order valence-electron chi connectivity index (χ0n) is 16.3. The molecule has 2 aromatic heterocycles. The number of nitrogens with zero attached hydrogens (tertiary/aromatic N) is 3. The molecule has 0 aliphatic heterocycles. The van der Waals surface area contributed by atoms with E-state index in [-0.39, 0.29) is 33.5 Å². The fourth-order valence-electron chi connectivity index (χ4n) is 2.91. The molecule has 0 unspecified atom stereocenters. The number of hydrogen-bond acceptors (Lipinski definition) is 4. The summed E-state index contributed by atoms with van der Waals surface area (Å²) in [6.45, 7) is 0.108. The van der Waals surface area contributed by atoms with Gasteiger partial charge < -0.3 is 5.32 Å². The molecule has 0 aliphatic carbocycles. The third-order valence-electron chi connectivity index (χ3n) is 4.44. The first-order valence-electron chi connectivity index (χ1n) is 9.24. The van der Waals surface area contributed by atoms with E-state index in [0.717, 1.165) is 22.7 Å². The van der Waals surface area contributed by atoms with Crippen molar-refractivity contribution < 1.29 is 26.7 Å². The highest BCUT2D eigenvalue weighted by Gasteiger charge is 2.36. The minimum absolute atomic E-state index is 0.00721. The number of hydrogen-bond donors (Lipinski definition) is 1. The normalized spacial score (nSPS) is 12.1. The van der Waals surface area contributed by atoms with Crippen LogP contribution < -0.4 is 5.32 Å². The summed E-state index contributed by atoms with van der Waals surface area (Å²) >= 11 is 6.43. The maximum Gasteiger partial charge on any atom is 0.445 e. The van der Waals surface area contributed by atoms with Gasteiger partial charge in [-0.3, -0.25) is 4.79 Å². The van der Waals surface area contributed by atoms with Gasteiger partial charge in [-0.05, 0) is 42.0 Å². The molecule has 0 atom stereocenters. The summed E-state index contributed by atoms with van der Waals surface area (Å²) in [7, 11) is 0. The Bertz CT molecular complexity index is 1360. The van der Waals surface area contributed by atoms with Gasteiger partial charge in [0.1, 0.15) is 17.3 Å². The second-order valence-corrected chi connectivity index (χ2v) is 8.11. The van der Waals surface area contributed by atoms with Gasteiger partial charge in [-0.1, -0.05) is 35.1 Å². The zero-order chi connectivity index (χ0) is 23.8. The SMILES string of the molecule is O=C(/C=C/c1c(-c2ccc(F)cc2Cl)nc2sc(C(F)(F)F)nn12)NCc1ccc(F)cc1. The molecule has 4 aromatic rings. The molecule has 170 valence electrons. The molecule has 0 saturated heterocycles. The number of rotatable bonds is 5. The minimum atomic E-state index is -4.67. The quantitative estimate of drug-likeness (QED) is 0.282. The maximum absolute atomic E-state index is 13.5. The van der Waals surface area contributed by atoms with E-state index in [1.807, 2.05) is 0 Å². The van der Waals surface area contributed by atoms with Gasteiger partial charge in [0.25, 0.3) is 0 Å². The number of aromatic nitrogens is 3. The first-order chi connectivity index (χ1) is 15.6. The summed E-state index contributed by atoms with van der Waals surface area (Å²) in [5.74, 6) is -1.57.